The predicted octanol–water partition coefficient (Wildman–Crippen LogP) is 1.84. The third kappa shape index (κ3) is 4.85. The summed E-state index contributed by atoms with van der Waals surface area (Å²) in [5.41, 5.74) is 1.21. The van der Waals surface area contributed by atoms with Crippen molar-refractivity contribution in [2.45, 2.75) is 25.7 Å². The molecule has 0 saturated carbocycles. The number of likely N-dealkylation sites (tertiary alicyclic amines) is 1. The molecule has 1 aliphatic heterocycles. The minimum absolute atomic E-state index is 0.139. The van der Waals surface area contributed by atoms with Crippen LogP contribution in [0.15, 0.2) is 24.3 Å². The molecule has 1 fully saturated rings. The van der Waals surface area contributed by atoms with Crippen molar-refractivity contribution in [3.63, 3.8) is 0 Å². The van der Waals surface area contributed by atoms with Gasteiger partial charge in [0.15, 0.2) is 0 Å². The number of methoxy groups -OCH3 is 1. The van der Waals surface area contributed by atoms with Crippen LogP contribution in [0.1, 0.15) is 24.8 Å². The molecule has 1 N–H and O–H groups in total. The van der Waals surface area contributed by atoms with Crippen LogP contribution in [0.25, 0.3) is 0 Å². The Morgan fingerprint density at radius 1 is 1.20 bits per heavy atom. The lowest BCUT2D eigenvalue weighted by atomic mass is 10.1. The summed E-state index contributed by atoms with van der Waals surface area (Å²) in [6.45, 7) is 3.36. The molecule has 1 amide bonds. The largest absolute Gasteiger partial charge is 0.497 e. The summed E-state index contributed by atoms with van der Waals surface area (Å²) in [7, 11) is 1.66. The second-order valence-corrected chi connectivity index (χ2v) is 5.28. The normalized spacial score (nSPS) is 15.8. The zero-order valence-electron chi connectivity index (χ0n) is 12.2. The molecule has 2 rings (SSSR count). The maximum atomic E-state index is 11.8. The summed E-state index contributed by atoms with van der Waals surface area (Å²) < 4.78 is 5.12. The van der Waals surface area contributed by atoms with Crippen LogP contribution in [0.2, 0.25) is 0 Å². The lowest BCUT2D eigenvalue weighted by Gasteiger charge is -2.25. The van der Waals surface area contributed by atoms with E-state index in [1.165, 1.54) is 24.8 Å². The van der Waals surface area contributed by atoms with Crippen LogP contribution < -0.4 is 10.1 Å². The molecule has 0 bridgehead atoms. The molecule has 0 radical (unpaired) electrons. The molecule has 20 heavy (non-hydrogen) atoms. The fourth-order valence-corrected chi connectivity index (χ4v) is 2.51. The van der Waals surface area contributed by atoms with Crippen LogP contribution in [0.5, 0.6) is 5.75 Å². The van der Waals surface area contributed by atoms with Gasteiger partial charge in [-0.25, -0.2) is 0 Å². The van der Waals surface area contributed by atoms with Crippen molar-refractivity contribution in [1.29, 1.82) is 0 Å². The van der Waals surface area contributed by atoms with Crippen LogP contribution in [0.3, 0.4) is 0 Å². The quantitative estimate of drug-likeness (QED) is 0.862. The summed E-state index contributed by atoms with van der Waals surface area (Å²) in [4.78, 5) is 14.1. The van der Waals surface area contributed by atoms with Crippen LogP contribution >= 0.6 is 0 Å². The highest BCUT2D eigenvalue weighted by atomic mass is 16.5. The number of benzene rings is 1. The van der Waals surface area contributed by atoms with Gasteiger partial charge in [-0.1, -0.05) is 18.6 Å². The number of nitrogens with one attached hydrogen (secondary N) is 1. The van der Waals surface area contributed by atoms with Gasteiger partial charge < -0.3 is 10.1 Å². The lowest BCUT2D eigenvalue weighted by molar-refractivity contribution is -0.122. The average Bonchev–Trinajstić information content (AvgIpc) is 2.49. The van der Waals surface area contributed by atoms with Crippen LogP contribution in [0, 0.1) is 0 Å². The molecule has 1 saturated heterocycles. The van der Waals surface area contributed by atoms with E-state index in [2.05, 4.69) is 10.2 Å². The molecule has 4 nitrogen and oxygen atoms in total. The van der Waals surface area contributed by atoms with Gasteiger partial charge in [0.05, 0.1) is 13.7 Å². The highest BCUT2D eigenvalue weighted by Gasteiger charge is 2.13. The molecule has 0 spiro atoms. The van der Waals surface area contributed by atoms with E-state index in [1.54, 1.807) is 7.11 Å². The minimum atomic E-state index is 0.139. The molecule has 4 heteroatoms. The number of carbonyl (C=O) groups excluding carboxylic acids is 1. The van der Waals surface area contributed by atoms with E-state index >= 15 is 0 Å². The summed E-state index contributed by atoms with van der Waals surface area (Å²) in [6.07, 6.45) is 4.60. The second kappa shape index (κ2) is 7.90. The number of carbonyl (C=O) groups is 1. The van der Waals surface area contributed by atoms with E-state index in [9.17, 15) is 4.79 Å². The number of piperidine rings is 1. The van der Waals surface area contributed by atoms with Gasteiger partial charge in [-0.3, -0.25) is 9.69 Å². The molecular weight excluding hydrogens is 252 g/mol. The number of hydrogen-bond acceptors (Lipinski definition) is 3. The number of rotatable bonds is 6. The van der Waals surface area contributed by atoms with E-state index in [-0.39, 0.29) is 5.91 Å². The molecule has 1 heterocycles. The highest BCUT2D eigenvalue weighted by molar-refractivity contribution is 5.78. The standard InChI is InChI=1S/C16H24N2O2/c1-20-15-7-5-14(6-8-15)9-10-17-16(19)13-18-11-3-2-4-12-18/h5-8H,2-4,9-13H2,1H3,(H,17,19). The van der Waals surface area contributed by atoms with Gasteiger partial charge in [0, 0.05) is 6.54 Å². The van der Waals surface area contributed by atoms with Crippen molar-refractivity contribution in [2.75, 3.05) is 33.3 Å². The first-order valence-electron chi connectivity index (χ1n) is 7.40. The number of amides is 1. The van der Waals surface area contributed by atoms with Gasteiger partial charge in [-0.15, -0.1) is 0 Å². The van der Waals surface area contributed by atoms with Crippen molar-refractivity contribution in [2.24, 2.45) is 0 Å². The molecule has 0 unspecified atom stereocenters. The Kier molecular flexibility index (Phi) is 5.87. The van der Waals surface area contributed by atoms with Crippen molar-refractivity contribution in [3.8, 4) is 5.75 Å². The Hall–Kier alpha value is -1.55. The molecule has 0 aromatic heterocycles. The minimum Gasteiger partial charge on any atom is -0.497 e. The van der Waals surface area contributed by atoms with Crippen LogP contribution in [0.4, 0.5) is 0 Å². The maximum Gasteiger partial charge on any atom is 0.234 e. The highest BCUT2D eigenvalue weighted by Crippen LogP contribution is 2.11. The zero-order chi connectivity index (χ0) is 14.2. The lowest BCUT2D eigenvalue weighted by Crippen LogP contribution is -2.40. The zero-order valence-corrected chi connectivity index (χ0v) is 12.2. The number of ether oxygens (including phenoxy) is 1. The first-order chi connectivity index (χ1) is 9.78. The molecule has 0 aliphatic carbocycles. The topological polar surface area (TPSA) is 41.6 Å². The van der Waals surface area contributed by atoms with Gasteiger partial charge in [-0.2, -0.15) is 0 Å². The third-order valence-electron chi connectivity index (χ3n) is 3.71. The molecule has 1 aromatic rings. The van der Waals surface area contributed by atoms with Crippen molar-refractivity contribution >= 4 is 5.91 Å². The Morgan fingerprint density at radius 2 is 1.90 bits per heavy atom. The SMILES string of the molecule is COc1ccc(CCNC(=O)CN2CCCCC2)cc1. The fourth-order valence-electron chi connectivity index (χ4n) is 2.51. The van der Waals surface area contributed by atoms with E-state index in [0.29, 0.717) is 13.1 Å². The predicted molar refractivity (Wildman–Crippen MR) is 80.0 cm³/mol. The first kappa shape index (κ1) is 14.9. The summed E-state index contributed by atoms with van der Waals surface area (Å²) in [5.74, 6) is 1.00. The van der Waals surface area contributed by atoms with Crippen LogP contribution in [-0.4, -0.2) is 44.1 Å². The van der Waals surface area contributed by atoms with Crippen molar-refractivity contribution < 1.29 is 9.53 Å². The van der Waals surface area contributed by atoms with E-state index in [1.807, 2.05) is 24.3 Å². The van der Waals surface area contributed by atoms with Gasteiger partial charge in [0.25, 0.3) is 0 Å². The Labute approximate surface area is 121 Å². The number of hydrogen-bond donors (Lipinski definition) is 1. The monoisotopic (exact) mass is 276 g/mol. The van der Waals surface area contributed by atoms with Gasteiger partial charge in [-0.05, 0) is 50.0 Å². The average molecular weight is 276 g/mol. The van der Waals surface area contributed by atoms with Gasteiger partial charge >= 0.3 is 0 Å². The first-order valence-corrected chi connectivity index (χ1v) is 7.40. The van der Waals surface area contributed by atoms with Gasteiger partial charge in [0.1, 0.15) is 5.75 Å². The van der Waals surface area contributed by atoms with E-state index < -0.39 is 0 Å². The Balaban J connectivity index is 1.65. The Morgan fingerprint density at radius 3 is 2.55 bits per heavy atom. The molecule has 1 aromatic carbocycles. The molecule has 0 atom stereocenters. The molecule has 110 valence electrons. The third-order valence-corrected chi connectivity index (χ3v) is 3.71. The number of nitrogens with zero attached hydrogens (tertiary/aromatic N) is 1. The Bertz CT molecular complexity index is 411. The van der Waals surface area contributed by atoms with Crippen molar-refractivity contribution in [1.82, 2.24) is 10.2 Å². The second-order valence-electron chi connectivity index (χ2n) is 5.28. The molecule has 1 aliphatic rings. The van der Waals surface area contributed by atoms with Crippen LogP contribution in [-0.2, 0) is 11.2 Å². The smallest absolute Gasteiger partial charge is 0.234 e. The summed E-state index contributed by atoms with van der Waals surface area (Å²) >= 11 is 0. The van der Waals surface area contributed by atoms with Gasteiger partial charge in [0.2, 0.25) is 5.91 Å². The van der Waals surface area contributed by atoms with Crippen molar-refractivity contribution in [3.05, 3.63) is 29.8 Å². The summed E-state index contributed by atoms with van der Waals surface area (Å²) in [6, 6.07) is 7.97. The summed E-state index contributed by atoms with van der Waals surface area (Å²) in [5, 5.41) is 3.00. The fraction of sp³-hybridized carbons (Fsp3) is 0.562. The molecular formula is C16H24N2O2. The van der Waals surface area contributed by atoms with E-state index in [4.69, 9.17) is 4.74 Å². The van der Waals surface area contributed by atoms with E-state index in [0.717, 1.165) is 25.3 Å². The maximum absolute atomic E-state index is 11.8.